The molecule has 1 N–H and O–H groups in total. The Bertz CT molecular complexity index is 405. The molecule has 0 bridgehead atoms. The van der Waals surface area contributed by atoms with E-state index in [1.165, 1.54) is 18.2 Å². The molecule has 17 heavy (non-hydrogen) atoms. The fourth-order valence-electron chi connectivity index (χ4n) is 2.07. The number of fused-ring (bicyclic) bond motifs is 1. The summed E-state index contributed by atoms with van der Waals surface area (Å²) in [4.78, 5) is 11.4. The fraction of sp³-hybridized carbons (Fsp3) is 0.462. The zero-order chi connectivity index (χ0) is 12.3. The third-order valence-electron chi connectivity index (χ3n) is 2.98. The number of ether oxygens (including phenoxy) is 2. The maximum absolute atomic E-state index is 11.4. The number of esters is 1. The van der Waals surface area contributed by atoms with Crippen molar-refractivity contribution in [2.75, 3.05) is 13.7 Å². The summed E-state index contributed by atoms with van der Waals surface area (Å²) in [6.45, 7) is 3.02. The topological polar surface area (TPSA) is 47.6 Å². The van der Waals surface area contributed by atoms with Gasteiger partial charge in [-0.1, -0.05) is 24.3 Å². The molecular weight excluding hydrogens is 218 g/mol. The van der Waals surface area contributed by atoms with E-state index in [2.05, 4.69) is 11.4 Å². The fourth-order valence-corrected chi connectivity index (χ4v) is 2.07. The van der Waals surface area contributed by atoms with Crippen LogP contribution in [0.4, 0.5) is 0 Å². The monoisotopic (exact) mass is 235 g/mol. The average molecular weight is 235 g/mol. The molecule has 0 saturated heterocycles. The van der Waals surface area contributed by atoms with Gasteiger partial charge in [0.25, 0.3) is 0 Å². The van der Waals surface area contributed by atoms with Crippen molar-refractivity contribution in [2.24, 2.45) is 0 Å². The van der Waals surface area contributed by atoms with Crippen LogP contribution in [-0.2, 0) is 20.9 Å². The molecule has 0 aromatic heterocycles. The molecule has 1 aromatic carbocycles. The predicted molar refractivity (Wildman–Crippen MR) is 63.5 cm³/mol. The maximum Gasteiger partial charge on any atom is 0.322 e. The molecule has 2 rings (SSSR count). The van der Waals surface area contributed by atoms with Gasteiger partial charge in [-0.2, -0.15) is 0 Å². The lowest BCUT2D eigenvalue weighted by atomic mass is 9.98. The van der Waals surface area contributed by atoms with Gasteiger partial charge in [0.1, 0.15) is 6.04 Å². The first-order valence-electron chi connectivity index (χ1n) is 5.72. The Morgan fingerprint density at radius 3 is 3.06 bits per heavy atom. The van der Waals surface area contributed by atoms with Gasteiger partial charge in [-0.25, -0.2) is 0 Å². The second-order valence-electron chi connectivity index (χ2n) is 4.18. The summed E-state index contributed by atoms with van der Waals surface area (Å²) in [6, 6.07) is 7.83. The Morgan fingerprint density at radius 1 is 1.53 bits per heavy atom. The smallest absolute Gasteiger partial charge is 0.322 e. The number of hydrogen-bond acceptors (Lipinski definition) is 4. The Morgan fingerprint density at radius 2 is 2.29 bits per heavy atom. The van der Waals surface area contributed by atoms with Crippen molar-refractivity contribution in [1.82, 2.24) is 5.32 Å². The standard InChI is InChI=1S/C13H17NO3/c1-9(13(15)16-2)14-12-8-17-7-10-5-3-4-6-11(10)12/h3-6,9,12,14H,7-8H2,1-2H3/t9-,12?/m0/s1. The van der Waals surface area contributed by atoms with Gasteiger partial charge in [-0.15, -0.1) is 0 Å². The van der Waals surface area contributed by atoms with Crippen LogP contribution < -0.4 is 5.32 Å². The molecule has 0 radical (unpaired) electrons. The molecule has 4 heteroatoms. The second kappa shape index (κ2) is 5.29. The molecule has 92 valence electrons. The van der Waals surface area contributed by atoms with Gasteiger partial charge < -0.3 is 9.47 Å². The summed E-state index contributed by atoms with van der Waals surface area (Å²) in [6.07, 6.45) is 0. The minimum atomic E-state index is -0.334. The number of carbonyl (C=O) groups excluding carboxylic acids is 1. The summed E-state index contributed by atoms with van der Waals surface area (Å²) in [5, 5.41) is 3.23. The molecular formula is C13H17NO3. The Hall–Kier alpha value is -1.39. The lowest BCUT2D eigenvalue weighted by Gasteiger charge is -2.28. The molecule has 1 unspecified atom stereocenters. The molecule has 1 heterocycles. The summed E-state index contributed by atoms with van der Waals surface area (Å²) in [7, 11) is 1.39. The normalized spacial score (nSPS) is 20.5. The Labute approximate surface area is 101 Å². The van der Waals surface area contributed by atoms with Crippen LogP contribution in [0.15, 0.2) is 24.3 Å². The van der Waals surface area contributed by atoms with Gasteiger partial charge >= 0.3 is 5.97 Å². The molecule has 0 aliphatic carbocycles. The van der Waals surface area contributed by atoms with E-state index in [9.17, 15) is 4.79 Å². The van der Waals surface area contributed by atoms with E-state index in [1.54, 1.807) is 6.92 Å². The molecule has 2 atom stereocenters. The van der Waals surface area contributed by atoms with Gasteiger partial charge in [-0.3, -0.25) is 10.1 Å². The van der Waals surface area contributed by atoms with Gasteiger partial charge in [-0.05, 0) is 18.1 Å². The first kappa shape index (κ1) is 12.1. The van der Waals surface area contributed by atoms with E-state index >= 15 is 0 Å². The van der Waals surface area contributed by atoms with Crippen LogP contribution >= 0.6 is 0 Å². The van der Waals surface area contributed by atoms with E-state index in [0.717, 1.165) is 0 Å². The quantitative estimate of drug-likeness (QED) is 0.805. The highest BCUT2D eigenvalue weighted by Crippen LogP contribution is 2.24. The molecule has 4 nitrogen and oxygen atoms in total. The zero-order valence-corrected chi connectivity index (χ0v) is 10.1. The van der Waals surface area contributed by atoms with Gasteiger partial charge in [0.15, 0.2) is 0 Å². The summed E-state index contributed by atoms with van der Waals surface area (Å²) < 4.78 is 10.2. The van der Waals surface area contributed by atoms with Crippen LogP contribution in [0, 0.1) is 0 Å². The molecule has 0 spiro atoms. The summed E-state index contributed by atoms with van der Waals surface area (Å²) >= 11 is 0. The number of methoxy groups -OCH3 is 1. The SMILES string of the molecule is COC(=O)[C@H](C)NC1COCc2ccccc21. The first-order chi connectivity index (χ1) is 8.22. The summed E-state index contributed by atoms with van der Waals surface area (Å²) in [5.74, 6) is -0.256. The van der Waals surface area contributed by atoms with E-state index in [4.69, 9.17) is 9.47 Å². The predicted octanol–water partition coefficient (Wildman–Crippen LogP) is 1.41. The first-order valence-corrected chi connectivity index (χ1v) is 5.72. The molecule has 1 aliphatic heterocycles. The van der Waals surface area contributed by atoms with E-state index in [1.807, 2.05) is 18.2 Å². The lowest BCUT2D eigenvalue weighted by molar-refractivity contribution is -0.143. The van der Waals surface area contributed by atoms with E-state index in [0.29, 0.717) is 13.2 Å². The van der Waals surface area contributed by atoms with Crippen LogP contribution in [0.25, 0.3) is 0 Å². The van der Waals surface area contributed by atoms with Crippen LogP contribution in [-0.4, -0.2) is 25.7 Å². The Kier molecular flexibility index (Phi) is 3.76. The van der Waals surface area contributed by atoms with Crippen molar-refractivity contribution < 1.29 is 14.3 Å². The molecule has 1 aromatic rings. The van der Waals surface area contributed by atoms with Gasteiger partial charge in [0.05, 0.1) is 26.4 Å². The average Bonchev–Trinajstić information content (AvgIpc) is 2.38. The van der Waals surface area contributed by atoms with Crippen molar-refractivity contribution in [1.29, 1.82) is 0 Å². The maximum atomic E-state index is 11.4. The number of nitrogens with one attached hydrogen (secondary N) is 1. The number of rotatable bonds is 3. The highest BCUT2D eigenvalue weighted by molar-refractivity contribution is 5.75. The van der Waals surface area contributed by atoms with Crippen LogP contribution in [0.3, 0.4) is 0 Å². The second-order valence-corrected chi connectivity index (χ2v) is 4.18. The van der Waals surface area contributed by atoms with Gasteiger partial charge in [0, 0.05) is 0 Å². The minimum Gasteiger partial charge on any atom is -0.468 e. The minimum absolute atomic E-state index is 0.0500. The number of benzene rings is 1. The molecule has 1 aliphatic rings. The largest absolute Gasteiger partial charge is 0.468 e. The van der Waals surface area contributed by atoms with Crippen LogP contribution in [0.5, 0.6) is 0 Å². The molecule has 0 amide bonds. The highest BCUT2D eigenvalue weighted by atomic mass is 16.5. The van der Waals surface area contributed by atoms with E-state index in [-0.39, 0.29) is 18.1 Å². The van der Waals surface area contributed by atoms with Crippen LogP contribution in [0.1, 0.15) is 24.1 Å². The van der Waals surface area contributed by atoms with Crippen molar-refractivity contribution in [3.63, 3.8) is 0 Å². The Balaban J connectivity index is 2.11. The molecule has 0 saturated carbocycles. The van der Waals surface area contributed by atoms with Gasteiger partial charge in [0.2, 0.25) is 0 Å². The van der Waals surface area contributed by atoms with Crippen molar-refractivity contribution >= 4 is 5.97 Å². The number of carbonyl (C=O) groups is 1. The third kappa shape index (κ3) is 2.65. The van der Waals surface area contributed by atoms with Crippen molar-refractivity contribution in [2.45, 2.75) is 25.6 Å². The molecule has 0 fully saturated rings. The number of hydrogen-bond donors (Lipinski definition) is 1. The third-order valence-corrected chi connectivity index (χ3v) is 2.98. The van der Waals surface area contributed by atoms with Crippen molar-refractivity contribution in [3.05, 3.63) is 35.4 Å². The van der Waals surface area contributed by atoms with Crippen molar-refractivity contribution in [3.8, 4) is 0 Å². The van der Waals surface area contributed by atoms with Crippen LogP contribution in [0.2, 0.25) is 0 Å². The highest BCUT2D eigenvalue weighted by Gasteiger charge is 2.24. The lowest BCUT2D eigenvalue weighted by Crippen LogP contribution is -2.40. The van der Waals surface area contributed by atoms with E-state index < -0.39 is 0 Å². The summed E-state index contributed by atoms with van der Waals surface area (Å²) in [5.41, 5.74) is 2.38. The zero-order valence-electron chi connectivity index (χ0n) is 10.1.